The number of hydrogen-bond donors (Lipinski definition) is 1. The van der Waals surface area contributed by atoms with E-state index in [1.165, 1.54) is 29.5 Å². The number of likely N-dealkylation sites (tertiary alicyclic amines) is 1. The van der Waals surface area contributed by atoms with E-state index >= 15 is 4.39 Å². The first-order valence-electron chi connectivity index (χ1n) is 15.6. The van der Waals surface area contributed by atoms with Gasteiger partial charge in [-0.3, -0.25) is 4.90 Å². The van der Waals surface area contributed by atoms with E-state index in [2.05, 4.69) is 25.0 Å². The lowest BCUT2D eigenvalue weighted by Crippen LogP contribution is -2.73. The summed E-state index contributed by atoms with van der Waals surface area (Å²) in [6.07, 6.45) is 3.83. The smallest absolute Gasteiger partial charge is 0.346 e. The van der Waals surface area contributed by atoms with Crippen LogP contribution in [0.5, 0.6) is 6.01 Å². The first kappa shape index (κ1) is 29.8. The Kier molecular flexibility index (Phi) is 6.59. The topological polar surface area (TPSA) is 131 Å². The summed E-state index contributed by atoms with van der Waals surface area (Å²) in [4.78, 5) is 35.9. The molecule has 248 valence electrons. The minimum absolute atomic E-state index is 0.00744. The van der Waals surface area contributed by atoms with E-state index < -0.39 is 23.3 Å². The zero-order valence-electron chi connectivity index (χ0n) is 25.4. The van der Waals surface area contributed by atoms with Crippen molar-refractivity contribution in [1.82, 2.24) is 39.5 Å². The molecule has 4 aliphatic rings. The molecule has 17 heteroatoms. The van der Waals surface area contributed by atoms with Gasteiger partial charge in [0, 0.05) is 61.1 Å². The van der Waals surface area contributed by atoms with Crippen molar-refractivity contribution in [3.63, 3.8) is 0 Å². The summed E-state index contributed by atoms with van der Waals surface area (Å²) < 4.78 is 53.5. The monoisotopic (exact) mass is 696 g/mol. The second-order valence-corrected chi connectivity index (χ2v) is 14.7. The molecule has 4 saturated heterocycles. The zero-order chi connectivity index (χ0) is 32.9. The van der Waals surface area contributed by atoms with Gasteiger partial charge in [0.15, 0.2) is 10.9 Å². The van der Waals surface area contributed by atoms with Crippen LogP contribution in [0, 0.1) is 17.0 Å². The first-order chi connectivity index (χ1) is 23.1. The van der Waals surface area contributed by atoms with Gasteiger partial charge >= 0.3 is 12.0 Å². The largest absolute Gasteiger partial charge is 0.461 e. The Labute approximate surface area is 280 Å². The third kappa shape index (κ3) is 4.52. The fraction of sp³-hybridized carbons (Fsp3) is 0.419. The van der Waals surface area contributed by atoms with E-state index in [1.54, 1.807) is 11.0 Å². The summed E-state index contributed by atoms with van der Waals surface area (Å²) in [5.41, 5.74) is 5.74. The normalized spacial score (nSPS) is 23.2. The maximum atomic E-state index is 16.8. The highest BCUT2D eigenvalue weighted by Crippen LogP contribution is 2.47. The van der Waals surface area contributed by atoms with Crippen molar-refractivity contribution in [3.8, 4) is 17.1 Å². The second kappa shape index (κ2) is 10.6. The number of halogens is 4. The maximum absolute atomic E-state index is 16.8. The second-order valence-electron chi connectivity index (χ2n) is 13.3. The Hall–Kier alpha value is -4.28. The van der Waals surface area contributed by atoms with Gasteiger partial charge in [0.05, 0.1) is 20.8 Å². The Bertz CT molecular complexity index is 2120. The average molecular weight is 697 g/mol. The number of aromatic nitrogens is 6. The number of rotatable bonds is 5. The van der Waals surface area contributed by atoms with Gasteiger partial charge in [-0.15, -0.1) is 0 Å². The molecule has 5 aromatic rings. The molecule has 0 aliphatic carbocycles. The van der Waals surface area contributed by atoms with Crippen LogP contribution < -0.4 is 15.4 Å². The molecular formula is C31H28ClF3N10O2S. The van der Waals surface area contributed by atoms with Gasteiger partial charge in [-0.2, -0.15) is 19.7 Å². The number of ether oxygens (including phenoxy) is 1. The van der Waals surface area contributed by atoms with Crippen molar-refractivity contribution in [1.29, 1.82) is 0 Å². The van der Waals surface area contributed by atoms with Gasteiger partial charge in [0.25, 0.3) is 0 Å². The molecule has 3 aromatic heterocycles. The van der Waals surface area contributed by atoms with Gasteiger partial charge < -0.3 is 20.3 Å². The maximum Gasteiger partial charge on any atom is 0.346 e. The van der Waals surface area contributed by atoms with Gasteiger partial charge in [-0.05, 0) is 37.6 Å². The van der Waals surface area contributed by atoms with E-state index in [-0.39, 0.29) is 61.1 Å². The predicted molar refractivity (Wildman–Crippen MR) is 173 cm³/mol. The molecule has 1 amide bonds. The number of alkyl halides is 1. The van der Waals surface area contributed by atoms with Crippen LogP contribution in [0.3, 0.4) is 0 Å². The fourth-order valence-corrected chi connectivity index (χ4v) is 9.08. The molecule has 4 aliphatic heterocycles. The number of amides is 1. The number of thiazole rings is 1. The van der Waals surface area contributed by atoms with Crippen molar-refractivity contribution in [2.24, 2.45) is 5.41 Å². The van der Waals surface area contributed by atoms with E-state index in [4.69, 9.17) is 27.1 Å². The molecule has 4 fully saturated rings. The molecule has 0 unspecified atom stereocenters. The minimum atomic E-state index is -0.938. The Balaban J connectivity index is 1.09. The number of benzene rings is 2. The standard InChI is InChI=1S/C31H28ClF3N10O2S/c32-19-6-18-23(22(35)21(19)17-2-3-20(34)25-24(17)39-27(36)48-25)40-28(47-13-31-4-1-5-44(31)8-16(33)7-31)41-26(18)42-9-30(10-42)11-43(12-30)29(46)45-15-37-14-38-45/h2-3,6,14-16H,1,4-5,7-13H2,(H2,36,39)/t16-,31+/m1/s1. The van der Waals surface area contributed by atoms with Crippen LogP contribution in [0.25, 0.3) is 32.2 Å². The molecule has 2 atom stereocenters. The SMILES string of the molecule is Nc1nc2c(-c3c(Cl)cc4c(N5CC6(CN(C(=O)n7cncn7)C6)C5)nc(OC[C@@]56CCCN5C[C@H](F)C6)nc4c3F)ccc(F)c2s1. The highest BCUT2D eigenvalue weighted by Gasteiger charge is 2.54. The van der Waals surface area contributed by atoms with Crippen LogP contribution in [-0.2, 0) is 0 Å². The van der Waals surface area contributed by atoms with Gasteiger partial charge in [0.2, 0.25) is 0 Å². The Morgan fingerprint density at radius 2 is 1.98 bits per heavy atom. The third-order valence-electron chi connectivity index (χ3n) is 10.1. The third-order valence-corrected chi connectivity index (χ3v) is 11.3. The molecular weight excluding hydrogens is 669 g/mol. The number of anilines is 2. The predicted octanol–water partition coefficient (Wildman–Crippen LogP) is 4.76. The summed E-state index contributed by atoms with van der Waals surface area (Å²) in [5, 5.41) is 4.51. The number of hydrogen-bond acceptors (Lipinski definition) is 11. The van der Waals surface area contributed by atoms with Gasteiger partial charge in [-0.25, -0.2) is 27.9 Å². The van der Waals surface area contributed by atoms with Crippen molar-refractivity contribution in [2.75, 3.05) is 56.5 Å². The Morgan fingerprint density at radius 3 is 2.77 bits per heavy atom. The number of nitrogens with zero attached hydrogens (tertiary/aromatic N) is 9. The molecule has 0 bridgehead atoms. The van der Waals surface area contributed by atoms with Crippen molar-refractivity contribution >= 4 is 61.0 Å². The molecule has 12 nitrogen and oxygen atoms in total. The number of nitrogens with two attached hydrogens (primary N) is 1. The first-order valence-corrected chi connectivity index (χ1v) is 16.8. The molecule has 9 rings (SSSR count). The van der Waals surface area contributed by atoms with Crippen LogP contribution in [-0.4, -0.2) is 103 Å². The molecule has 0 saturated carbocycles. The quantitative estimate of drug-likeness (QED) is 0.275. The minimum Gasteiger partial charge on any atom is -0.461 e. The van der Waals surface area contributed by atoms with Crippen molar-refractivity contribution < 1.29 is 22.7 Å². The lowest BCUT2D eigenvalue weighted by Gasteiger charge is -2.60. The summed E-state index contributed by atoms with van der Waals surface area (Å²) in [7, 11) is 0. The van der Waals surface area contributed by atoms with Gasteiger partial charge in [-0.1, -0.05) is 22.9 Å². The molecule has 48 heavy (non-hydrogen) atoms. The van der Waals surface area contributed by atoms with Crippen LogP contribution in [0.4, 0.5) is 28.9 Å². The fourth-order valence-electron chi connectivity index (χ4n) is 8.02. The highest BCUT2D eigenvalue weighted by molar-refractivity contribution is 7.22. The zero-order valence-corrected chi connectivity index (χ0v) is 26.9. The Morgan fingerprint density at radius 1 is 1.15 bits per heavy atom. The number of nitrogen functional groups attached to an aromatic ring is 1. The average Bonchev–Trinajstić information content (AvgIpc) is 3.81. The van der Waals surface area contributed by atoms with E-state index in [1.807, 2.05) is 4.90 Å². The lowest BCUT2D eigenvalue weighted by atomic mass is 9.73. The highest BCUT2D eigenvalue weighted by atomic mass is 35.5. The molecule has 7 heterocycles. The summed E-state index contributed by atoms with van der Waals surface area (Å²) in [6, 6.07) is 3.98. The molecule has 2 N–H and O–H groups in total. The van der Waals surface area contributed by atoms with E-state index in [9.17, 15) is 13.6 Å². The summed E-state index contributed by atoms with van der Waals surface area (Å²) in [6.45, 7) is 3.48. The van der Waals surface area contributed by atoms with Crippen molar-refractivity contribution in [3.05, 3.63) is 47.5 Å². The number of fused-ring (bicyclic) bond motifs is 3. The van der Waals surface area contributed by atoms with Crippen LogP contribution in [0.1, 0.15) is 19.3 Å². The van der Waals surface area contributed by atoms with E-state index in [0.29, 0.717) is 50.3 Å². The number of carbonyl (C=O) groups is 1. The molecule has 0 radical (unpaired) electrons. The van der Waals surface area contributed by atoms with Crippen LogP contribution >= 0.6 is 22.9 Å². The lowest BCUT2D eigenvalue weighted by molar-refractivity contribution is 0.00693. The van der Waals surface area contributed by atoms with E-state index in [0.717, 1.165) is 30.7 Å². The summed E-state index contributed by atoms with van der Waals surface area (Å²) >= 11 is 7.76. The van der Waals surface area contributed by atoms with Crippen LogP contribution in [0.2, 0.25) is 5.02 Å². The van der Waals surface area contributed by atoms with Crippen molar-refractivity contribution in [2.45, 2.75) is 31.0 Å². The molecule has 1 spiro atoms. The number of carbonyl (C=O) groups excluding carboxylic acids is 1. The summed E-state index contributed by atoms with van der Waals surface area (Å²) in [5.74, 6) is -0.821. The van der Waals surface area contributed by atoms with Gasteiger partial charge in [0.1, 0.15) is 42.6 Å². The van der Waals surface area contributed by atoms with Crippen LogP contribution in [0.15, 0.2) is 30.9 Å². The molecule has 2 aromatic carbocycles.